The lowest BCUT2D eigenvalue weighted by molar-refractivity contribution is 0.0945. The van der Waals surface area contributed by atoms with Crippen LogP contribution in [0.25, 0.3) is 0 Å². The molecule has 2 aromatic rings. The number of nitriles is 1. The molecule has 1 aromatic carbocycles. The van der Waals surface area contributed by atoms with Crippen LogP contribution in [0.2, 0.25) is 5.02 Å². The monoisotopic (exact) mass is 396 g/mol. The van der Waals surface area contributed by atoms with E-state index in [4.69, 9.17) is 16.9 Å². The normalized spacial score (nSPS) is 14.1. The molecule has 0 aliphatic heterocycles. The Hall–Kier alpha value is -2.58. The summed E-state index contributed by atoms with van der Waals surface area (Å²) < 4.78 is 0. The number of carbonyl (C=O) groups excluding carboxylic acids is 1. The summed E-state index contributed by atoms with van der Waals surface area (Å²) in [7, 11) is 0. The highest BCUT2D eigenvalue weighted by atomic mass is 35.5. The minimum Gasteiger partial charge on any atom is -0.352 e. The number of amides is 1. The van der Waals surface area contributed by atoms with Gasteiger partial charge in [0.25, 0.3) is 5.91 Å². The molecule has 1 aliphatic carbocycles. The van der Waals surface area contributed by atoms with Crippen LogP contribution in [0.4, 0.5) is 11.5 Å². The maximum absolute atomic E-state index is 12.7. The third-order valence-electron chi connectivity index (χ3n) is 5.19. The zero-order valence-corrected chi connectivity index (χ0v) is 17.0. The van der Waals surface area contributed by atoms with Crippen molar-refractivity contribution < 1.29 is 4.79 Å². The number of carbonyl (C=O) groups is 1. The van der Waals surface area contributed by atoms with E-state index in [-0.39, 0.29) is 11.8 Å². The fourth-order valence-electron chi connectivity index (χ4n) is 3.58. The van der Waals surface area contributed by atoms with Crippen molar-refractivity contribution in [2.75, 3.05) is 11.9 Å². The van der Waals surface area contributed by atoms with E-state index in [9.17, 15) is 4.79 Å². The number of anilines is 2. The second-order valence-electron chi connectivity index (χ2n) is 7.60. The van der Waals surface area contributed by atoms with Gasteiger partial charge in [-0.25, -0.2) is 4.98 Å². The largest absolute Gasteiger partial charge is 0.352 e. The highest BCUT2D eigenvalue weighted by Gasteiger charge is 2.19. The minimum absolute atomic E-state index is 0.0638. The number of nitrogens with one attached hydrogen (secondary N) is 2. The molecule has 0 spiro atoms. The van der Waals surface area contributed by atoms with Crippen LogP contribution >= 0.6 is 11.6 Å². The average molecular weight is 397 g/mol. The summed E-state index contributed by atoms with van der Waals surface area (Å²) >= 11 is 6.24. The quantitative estimate of drug-likeness (QED) is 0.685. The highest BCUT2D eigenvalue weighted by molar-refractivity contribution is 6.33. The standard InChI is InChI=1S/C22H25ClN4O/c1-14(2)17-10-21(27-20-8-7-16(11-24)9-19(20)23)25-13-18(17)22(28)26-12-15-5-3-4-6-15/h7-10,13-15H,3-6,12H2,1-2H3,(H,25,27)(H,26,28). The Morgan fingerprint density at radius 2 is 2.07 bits per heavy atom. The van der Waals surface area contributed by atoms with Crippen molar-refractivity contribution >= 4 is 29.0 Å². The summed E-state index contributed by atoms with van der Waals surface area (Å²) in [6.07, 6.45) is 6.54. The van der Waals surface area contributed by atoms with Crippen LogP contribution in [0, 0.1) is 17.2 Å². The molecule has 28 heavy (non-hydrogen) atoms. The SMILES string of the molecule is CC(C)c1cc(Nc2ccc(C#N)cc2Cl)ncc1C(=O)NCC1CCCC1. The molecule has 1 aliphatic rings. The van der Waals surface area contributed by atoms with Crippen LogP contribution in [0.15, 0.2) is 30.5 Å². The van der Waals surface area contributed by atoms with Crippen molar-refractivity contribution in [2.24, 2.45) is 5.92 Å². The van der Waals surface area contributed by atoms with Crippen molar-refractivity contribution in [3.05, 3.63) is 52.2 Å². The average Bonchev–Trinajstić information content (AvgIpc) is 3.21. The van der Waals surface area contributed by atoms with Crippen molar-refractivity contribution in [1.29, 1.82) is 5.26 Å². The molecule has 0 radical (unpaired) electrons. The first kappa shape index (κ1) is 20.2. The molecule has 0 unspecified atom stereocenters. The first-order valence-corrected chi connectivity index (χ1v) is 10.1. The van der Waals surface area contributed by atoms with Gasteiger partial charge in [-0.15, -0.1) is 0 Å². The Labute approximate surface area is 171 Å². The zero-order valence-electron chi connectivity index (χ0n) is 16.3. The minimum atomic E-state index is -0.0638. The maximum atomic E-state index is 12.7. The fourth-order valence-corrected chi connectivity index (χ4v) is 3.81. The second-order valence-corrected chi connectivity index (χ2v) is 8.01. The van der Waals surface area contributed by atoms with E-state index < -0.39 is 0 Å². The van der Waals surface area contributed by atoms with Gasteiger partial charge in [-0.2, -0.15) is 5.26 Å². The molecule has 1 heterocycles. The molecular formula is C22H25ClN4O. The number of hydrogen-bond donors (Lipinski definition) is 2. The van der Waals surface area contributed by atoms with Crippen LogP contribution in [-0.4, -0.2) is 17.4 Å². The van der Waals surface area contributed by atoms with E-state index >= 15 is 0 Å². The molecule has 3 rings (SSSR count). The zero-order chi connectivity index (χ0) is 20.1. The molecule has 2 N–H and O–H groups in total. The van der Waals surface area contributed by atoms with Crippen molar-refractivity contribution in [3.63, 3.8) is 0 Å². The van der Waals surface area contributed by atoms with Crippen molar-refractivity contribution in [1.82, 2.24) is 10.3 Å². The summed E-state index contributed by atoms with van der Waals surface area (Å²) in [6.45, 7) is 4.85. The van der Waals surface area contributed by atoms with Gasteiger partial charge < -0.3 is 10.6 Å². The topological polar surface area (TPSA) is 77.8 Å². The van der Waals surface area contributed by atoms with Crippen LogP contribution in [0.3, 0.4) is 0 Å². The predicted octanol–water partition coefficient (Wildman–Crippen LogP) is 5.39. The Bertz CT molecular complexity index is 898. The van der Waals surface area contributed by atoms with Crippen LogP contribution in [-0.2, 0) is 0 Å². The molecule has 1 saturated carbocycles. The van der Waals surface area contributed by atoms with Gasteiger partial charge in [0.1, 0.15) is 5.82 Å². The number of nitrogens with zero attached hydrogens (tertiary/aromatic N) is 2. The summed E-state index contributed by atoms with van der Waals surface area (Å²) in [4.78, 5) is 17.1. The number of aromatic nitrogens is 1. The van der Waals surface area contributed by atoms with Gasteiger partial charge in [0, 0.05) is 12.7 Å². The van der Waals surface area contributed by atoms with Gasteiger partial charge >= 0.3 is 0 Å². The Balaban J connectivity index is 1.77. The van der Waals surface area contributed by atoms with Gasteiger partial charge in [0.05, 0.1) is 27.9 Å². The number of benzene rings is 1. The first-order valence-electron chi connectivity index (χ1n) is 9.72. The Morgan fingerprint density at radius 1 is 1.32 bits per heavy atom. The molecule has 0 atom stereocenters. The highest BCUT2D eigenvalue weighted by Crippen LogP contribution is 2.28. The van der Waals surface area contributed by atoms with Crippen LogP contribution in [0.5, 0.6) is 0 Å². The molecule has 1 fully saturated rings. The molecular weight excluding hydrogens is 372 g/mol. The number of rotatable bonds is 6. The van der Waals surface area contributed by atoms with Gasteiger partial charge in [-0.1, -0.05) is 38.3 Å². The van der Waals surface area contributed by atoms with E-state index in [2.05, 4.69) is 35.5 Å². The predicted molar refractivity (Wildman–Crippen MR) is 112 cm³/mol. The lowest BCUT2D eigenvalue weighted by Gasteiger charge is -2.16. The van der Waals surface area contributed by atoms with E-state index in [1.54, 1.807) is 24.4 Å². The van der Waals surface area contributed by atoms with Crippen LogP contribution < -0.4 is 10.6 Å². The number of hydrogen-bond acceptors (Lipinski definition) is 4. The number of pyridine rings is 1. The maximum Gasteiger partial charge on any atom is 0.253 e. The van der Waals surface area contributed by atoms with E-state index in [0.717, 1.165) is 12.1 Å². The lowest BCUT2D eigenvalue weighted by atomic mass is 9.98. The molecule has 1 aromatic heterocycles. The molecule has 0 bridgehead atoms. The molecule has 146 valence electrons. The van der Waals surface area contributed by atoms with Gasteiger partial charge in [0.15, 0.2) is 0 Å². The van der Waals surface area contributed by atoms with E-state index in [1.807, 2.05) is 6.07 Å². The van der Waals surface area contributed by atoms with Crippen molar-refractivity contribution in [2.45, 2.75) is 45.4 Å². The lowest BCUT2D eigenvalue weighted by Crippen LogP contribution is -2.29. The fraction of sp³-hybridized carbons (Fsp3) is 0.409. The third-order valence-corrected chi connectivity index (χ3v) is 5.50. The third kappa shape index (κ3) is 4.82. The van der Waals surface area contributed by atoms with E-state index in [0.29, 0.717) is 33.6 Å². The molecule has 6 heteroatoms. The molecule has 1 amide bonds. The smallest absolute Gasteiger partial charge is 0.253 e. The summed E-state index contributed by atoms with van der Waals surface area (Å²) in [5, 5.41) is 15.7. The first-order chi connectivity index (χ1) is 13.5. The number of halogens is 1. The summed E-state index contributed by atoms with van der Waals surface area (Å²) in [5.74, 6) is 1.32. The van der Waals surface area contributed by atoms with Crippen LogP contribution in [0.1, 0.15) is 66.9 Å². The van der Waals surface area contributed by atoms with Gasteiger partial charge in [-0.05, 0) is 54.5 Å². The summed E-state index contributed by atoms with van der Waals surface area (Å²) in [5.41, 5.74) is 2.72. The second kappa shape index (κ2) is 9.07. The van der Waals surface area contributed by atoms with Crippen molar-refractivity contribution in [3.8, 4) is 6.07 Å². The molecule has 0 saturated heterocycles. The molecule has 5 nitrogen and oxygen atoms in total. The Kier molecular flexibility index (Phi) is 6.53. The van der Waals surface area contributed by atoms with Gasteiger partial charge in [-0.3, -0.25) is 4.79 Å². The summed E-state index contributed by atoms with van der Waals surface area (Å²) in [6, 6.07) is 9.01. The van der Waals surface area contributed by atoms with E-state index in [1.165, 1.54) is 25.7 Å². The Morgan fingerprint density at radius 3 is 2.71 bits per heavy atom. The van der Waals surface area contributed by atoms with Gasteiger partial charge in [0.2, 0.25) is 0 Å².